The number of nitrogens with one attached hydrogen (secondary N) is 2. The lowest BCUT2D eigenvalue weighted by Gasteiger charge is -2.17. The molecular weight excluding hydrogens is 350 g/mol. The van der Waals surface area contributed by atoms with Crippen LogP contribution >= 0.6 is 12.4 Å². The van der Waals surface area contributed by atoms with E-state index in [4.69, 9.17) is 5.73 Å². The predicted molar refractivity (Wildman–Crippen MR) is 96.5 cm³/mol. The molecule has 1 saturated carbocycles. The molecule has 0 heterocycles. The van der Waals surface area contributed by atoms with Crippen LogP contribution in [-0.2, 0) is 14.8 Å². The number of rotatable bonds is 7. The first-order valence-electron chi connectivity index (χ1n) is 7.98. The van der Waals surface area contributed by atoms with Crippen LogP contribution in [0.15, 0.2) is 29.2 Å². The molecule has 1 aliphatic carbocycles. The van der Waals surface area contributed by atoms with Crippen molar-refractivity contribution in [2.45, 2.75) is 31.1 Å². The molecule has 1 amide bonds. The van der Waals surface area contributed by atoms with Gasteiger partial charge in [-0.3, -0.25) is 4.79 Å². The third-order valence-electron chi connectivity index (χ3n) is 4.35. The summed E-state index contributed by atoms with van der Waals surface area (Å²) in [7, 11) is -3.53. The van der Waals surface area contributed by atoms with E-state index in [1.807, 2.05) is 6.92 Å². The normalized spacial score (nSPS) is 20.4. The van der Waals surface area contributed by atoms with Gasteiger partial charge in [0.1, 0.15) is 0 Å². The first-order chi connectivity index (χ1) is 10.9. The molecule has 0 unspecified atom stereocenters. The van der Waals surface area contributed by atoms with E-state index >= 15 is 0 Å². The maximum absolute atomic E-state index is 12.1. The molecule has 8 heteroatoms. The van der Waals surface area contributed by atoms with E-state index in [0.717, 1.165) is 24.8 Å². The highest BCUT2D eigenvalue weighted by atomic mass is 35.5. The molecule has 1 aliphatic rings. The second-order valence-electron chi connectivity index (χ2n) is 6.04. The third-order valence-corrected chi connectivity index (χ3v) is 5.82. The third kappa shape index (κ3) is 5.44. The van der Waals surface area contributed by atoms with Crippen LogP contribution in [0.2, 0.25) is 0 Å². The predicted octanol–water partition coefficient (Wildman–Crippen LogP) is 1.19. The van der Waals surface area contributed by atoms with Gasteiger partial charge in [0, 0.05) is 19.0 Å². The summed E-state index contributed by atoms with van der Waals surface area (Å²) >= 11 is 0. The van der Waals surface area contributed by atoms with Gasteiger partial charge in [-0.2, -0.15) is 0 Å². The molecule has 0 spiro atoms. The van der Waals surface area contributed by atoms with Gasteiger partial charge >= 0.3 is 0 Å². The van der Waals surface area contributed by atoms with Crippen molar-refractivity contribution < 1.29 is 13.2 Å². The van der Waals surface area contributed by atoms with Crippen molar-refractivity contribution >= 4 is 28.3 Å². The molecule has 2 atom stereocenters. The Hall–Kier alpha value is -1.15. The second-order valence-corrected chi connectivity index (χ2v) is 7.80. The standard InChI is InChI=1S/C16H25N3O3S.ClH/c1-12-5-7-14(8-6-12)23(21,22)19-10-9-18-16(20)15-4-2-3-13(15)11-17;/h5-8,13,15,19H,2-4,9-11,17H2,1H3,(H,18,20);1H/t13-,15-;/m1./s1. The molecular formula is C16H26ClN3O3S. The SMILES string of the molecule is Cc1ccc(S(=O)(=O)NCCNC(=O)[C@@H]2CCC[C@@H]2CN)cc1.Cl. The molecule has 2 rings (SSSR count). The zero-order valence-corrected chi connectivity index (χ0v) is 15.5. The lowest BCUT2D eigenvalue weighted by atomic mass is 9.95. The summed E-state index contributed by atoms with van der Waals surface area (Å²) in [6.07, 6.45) is 2.89. The van der Waals surface area contributed by atoms with E-state index in [1.165, 1.54) is 0 Å². The fourth-order valence-electron chi connectivity index (χ4n) is 2.97. The smallest absolute Gasteiger partial charge is 0.240 e. The number of hydrogen-bond donors (Lipinski definition) is 3. The topological polar surface area (TPSA) is 101 Å². The highest BCUT2D eigenvalue weighted by Crippen LogP contribution is 2.30. The summed E-state index contributed by atoms with van der Waals surface area (Å²) in [6.45, 7) is 2.87. The minimum atomic E-state index is -3.53. The molecule has 136 valence electrons. The monoisotopic (exact) mass is 375 g/mol. The average Bonchev–Trinajstić information content (AvgIpc) is 3.00. The van der Waals surface area contributed by atoms with Crippen molar-refractivity contribution in [1.29, 1.82) is 0 Å². The maximum Gasteiger partial charge on any atom is 0.240 e. The molecule has 1 aromatic carbocycles. The minimum Gasteiger partial charge on any atom is -0.355 e. The lowest BCUT2D eigenvalue weighted by Crippen LogP contribution is -2.39. The van der Waals surface area contributed by atoms with Crippen LogP contribution in [0.3, 0.4) is 0 Å². The summed E-state index contributed by atoms with van der Waals surface area (Å²) in [5.41, 5.74) is 6.68. The average molecular weight is 376 g/mol. The van der Waals surface area contributed by atoms with Crippen molar-refractivity contribution in [3.63, 3.8) is 0 Å². The zero-order chi connectivity index (χ0) is 16.9. The fraction of sp³-hybridized carbons (Fsp3) is 0.562. The Balaban J connectivity index is 0.00000288. The van der Waals surface area contributed by atoms with E-state index in [0.29, 0.717) is 6.54 Å². The van der Waals surface area contributed by atoms with Gasteiger partial charge in [-0.25, -0.2) is 13.1 Å². The first-order valence-corrected chi connectivity index (χ1v) is 9.46. The number of amides is 1. The van der Waals surface area contributed by atoms with E-state index in [9.17, 15) is 13.2 Å². The number of sulfonamides is 1. The van der Waals surface area contributed by atoms with Gasteiger partial charge in [0.15, 0.2) is 0 Å². The molecule has 1 fully saturated rings. The fourth-order valence-corrected chi connectivity index (χ4v) is 4.00. The zero-order valence-electron chi connectivity index (χ0n) is 13.8. The Bertz CT molecular complexity index is 634. The van der Waals surface area contributed by atoms with E-state index in [2.05, 4.69) is 10.0 Å². The van der Waals surface area contributed by atoms with Gasteiger partial charge in [0.25, 0.3) is 0 Å². The number of carbonyl (C=O) groups excluding carboxylic acids is 1. The Morgan fingerprint density at radius 2 is 1.88 bits per heavy atom. The molecule has 24 heavy (non-hydrogen) atoms. The van der Waals surface area contributed by atoms with Gasteiger partial charge in [-0.1, -0.05) is 24.1 Å². The Morgan fingerprint density at radius 3 is 2.50 bits per heavy atom. The summed E-state index contributed by atoms with van der Waals surface area (Å²) in [5, 5.41) is 2.80. The summed E-state index contributed by atoms with van der Waals surface area (Å²) in [6, 6.07) is 6.65. The number of halogens is 1. The second kappa shape index (κ2) is 9.36. The quantitative estimate of drug-likeness (QED) is 0.623. The van der Waals surface area contributed by atoms with E-state index in [-0.39, 0.29) is 48.1 Å². The summed E-state index contributed by atoms with van der Waals surface area (Å²) in [5.74, 6) is 0.195. The molecule has 0 saturated heterocycles. The number of hydrogen-bond acceptors (Lipinski definition) is 4. The largest absolute Gasteiger partial charge is 0.355 e. The molecule has 0 radical (unpaired) electrons. The number of benzene rings is 1. The van der Waals surface area contributed by atoms with Crippen LogP contribution in [0.4, 0.5) is 0 Å². The minimum absolute atomic E-state index is 0. The maximum atomic E-state index is 12.1. The van der Waals surface area contributed by atoms with Crippen LogP contribution in [0.1, 0.15) is 24.8 Å². The van der Waals surface area contributed by atoms with Crippen molar-refractivity contribution in [3.8, 4) is 0 Å². The van der Waals surface area contributed by atoms with Gasteiger partial charge < -0.3 is 11.1 Å². The summed E-state index contributed by atoms with van der Waals surface area (Å²) < 4.78 is 26.7. The van der Waals surface area contributed by atoms with Crippen molar-refractivity contribution in [3.05, 3.63) is 29.8 Å². The molecule has 1 aromatic rings. The van der Waals surface area contributed by atoms with Crippen LogP contribution in [0, 0.1) is 18.8 Å². The highest BCUT2D eigenvalue weighted by Gasteiger charge is 2.31. The molecule has 0 aromatic heterocycles. The molecule has 6 nitrogen and oxygen atoms in total. The van der Waals surface area contributed by atoms with E-state index < -0.39 is 10.0 Å². The van der Waals surface area contributed by atoms with Gasteiger partial charge in [0.2, 0.25) is 15.9 Å². The lowest BCUT2D eigenvalue weighted by molar-refractivity contribution is -0.125. The Kier molecular flexibility index (Phi) is 8.15. The van der Waals surface area contributed by atoms with Gasteiger partial charge in [-0.15, -0.1) is 12.4 Å². The van der Waals surface area contributed by atoms with Crippen LogP contribution in [0.25, 0.3) is 0 Å². The van der Waals surface area contributed by atoms with Crippen molar-refractivity contribution in [2.75, 3.05) is 19.6 Å². The van der Waals surface area contributed by atoms with Crippen LogP contribution in [-0.4, -0.2) is 34.0 Å². The summed E-state index contributed by atoms with van der Waals surface area (Å²) in [4.78, 5) is 12.3. The van der Waals surface area contributed by atoms with Crippen LogP contribution < -0.4 is 15.8 Å². The van der Waals surface area contributed by atoms with Gasteiger partial charge in [-0.05, 0) is 44.4 Å². The Morgan fingerprint density at radius 1 is 1.21 bits per heavy atom. The number of carbonyl (C=O) groups is 1. The van der Waals surface area contributed by atoms with Crippen molar-refractivity contribution in [2.24, 2.45) is 17.6 Å². The van der Waals surface area contributed by atoms with Crippen molar-refractivity contribution in [1.82, 2.24) is 10.0 Å². The number of aryl methyl sites for hydroxylation is 1. The molecule has 4 N–H and O–H groups in total. The molecule has 0 aliphatic heterocycles. The van der Waals surface area contributed by atoms with E-state index in [1.54, 1.807) is 24.3 Å². The van der Waals surface area contributed by atoms with Crippen LogP contribution in [0.5, 0.6) is 0 Å². The molecule has 0 bridgehead atoms. The Labute approximate surface area is 150 Å². The number of nitrogens with two attached hydrogens (primary N) is 1. The highest BCUT2D eigenvalue weighted by molar-refractivity contribution is 7.89. The van der Waals surface area contributed by atoms with Gasteiger partial charge in [0.05, 0.1) is 4.90 Å². The first kappa shape index (κ1) is 20.9.